The number of thioether (sulfide) groups is 1. The highest BCUT2D eigenvalue weighted by atomic mass is 32.2. The minimum atomic E-state index is -0.263. The molecule has 2 heterocycles. The maximum Gasteiger partial charge on any atom is 0.230 e. The fourth-order valence-electron chi connectivity index (χ4n) is 3.31. The molecule has 2 unspecified atom stereocenters. The summed E-state index contributed by atoms with van der Waals surface area (Å²) in [5, 5.41) is 3.07. The molecule has 1 amide bonds. The molecule has 7 heteroatoms. The van der Waals surface area contributed by atoms with Gasteiger partial charge in [-0.25, -0.2) is 4.39 Å². The van der Waals surface area contributed by atoms with Crippen molar-refractivity contribution in [3.8, 4) is 0 Å². The van der Waals surface area contributed by atoms with E-state index in [-0.39, 0.29) is 11.7 Å². The summed E-state index contributed by atoms with van der Waals surface area (Å²) >= 11 is 1.42. The van der Waals surface area contributed by atoms with Crippen LogP contribution in [0.15, 0.2) is 29.2 Å². The molecule has 1 N–H and O–H groups in total. The molecular formula is C18H25FN2O3S. The first-order valence-corrected chi connectivity index (χ1v) is 9.75. The topological polar surface area (TPSA) is 50.8 Å². The Morgan fingerprint density at radius 1 is 1.24 bits per heavy atom. The van der Waals surface area contributed by atoms with E-state index >= 15 is 0 Å². The summed E-state index contributed by atoms with van der Waals surface area (Å²) in [5.41, 5.74) is 0. The maximum absolute atomic E-state index is 12.9. The van der Waals surface area contributed by atoms with Crippen LogP contribution in [0.5, 0.6) is 0 Å². The molecule has 2 fully saturated rings. The quantitative estimate of drug-likeness (QED) is 0.744. The second kappa shape index (κ2) is 9.52. The van der Waals surface area contributed by atoms with E-state index in [2.05, 4.69) is 10.2 Å². The van der Waals surface area contributed by atoms with Crippen LogP contribution in [0.4, 0.5) is 4.39 Å². The van der Waals surface area contributed by atoms with Crippen molar-refractivity contribution in [3.05, 3.63) is 30.1 Å². The minimum absolute atomic E-state index is 0.00602. The van der Waals surface area contributed by atoms with Crippen LogP contribution < -0.4 is 5.32 Å². The van der Waals surface area contributed by atoms with E-state index in [0.717, 1.165) is 50.8 Å². The molecule has 3 rings (SSSR count). The third kappa shape index (κ3) is 5.67. The zero-order valence-electron chi connectivity index (χ0n) is 14.3. The lowest BCUT2D eigenvalue weighted by Gasteiger charge is -2.37. The average Bonchev–Trinajstić information content (AvgIpc) is 3.17. The Labute approximate surface area is 152 Å². The number of nitrogens with one attached hydrogen (secondary N) is 1. The van der Waals surface area contributed by atoms with Gasteiger partial charge in [0.2, 0.25) is 5.91 Å². The van der Waals surface area contributed by atoms with Crippen LogP contribution in [0.25, 0.3) is 0 Å². The third-order valence-corrected chi connectivity index (χ3v) is 5.73. The van der Waals surface area contributed by atoms with Crippen LogP contribution >= 0.6 is 11.8 Å². The Hall–Kier alpha value is -1.15. The first-order valence-electron chi connectivity index (χ1n) is 8.77. The van der Waals surface area contributed by atoms with Gasteiger partial charge >= 0.3 is 0 Å². The summed E-state index contributed by atoms with van der Waals surface area (Å²) in [5.74, 6) is 0.540. The van der Waals surface area contributed by atoms with Gasteiger partial charge in [-0.3, -0.25) is 9.69 Å². The van der Waals surface area contributed by atoms with E-state index in [1.807, 2.05) is 0 Å². The predicted molar refractivity (Wildman–Crippen MR) is 95.2 cm³/mol. The number of hydrogen-bond acceptors (Lipinski definition) is 5. The van der Waals surface area contributed by atoms with E-state index in [9.17, 15) is 9.18 Å². The van der Waals surface area contributed by atoms with E-state index in [1.165, 1.54) is 23.9 Å². The molecule has 2 atom stereocenters. The Kier molecular flexibility index (Phi) is 7.10. The fourth-order valence-corrected chi connectivity index (χ4v) is 4.04. The molecular weight excluding hydrogens is 343 g/mol. The van der Waals surface area contributed by atoms with E-state index in [0.29, 0.717) is 24.3 Å². The van der Waals surface area contributed by atoms with Crippen LogP contribution in [-0.4, -0.2) is 68.7 Å². The van der Waals surface area contributed by atoms with Crippen LogP contribution in [0.3, 0.4) is 0 Å². The van der Waals surface area contributed by atoms with Gasteiger partial charge in [0.05, 0.1) is 25.6 Å². The van der Waals surface area contributed by atoms with Crippen molar-refractivity contribution in [2.24, 2.45) is 5.92 Å². The van der Waals surface area contributed by atoms with Crippen molar-refractivity contribution in [1.82, 2.24) is 10.2 Å². The van der Waals surface area contributed by atoms with Gasteiger partial charge in [-0.15, -0.1) is 11.8 Å². The number of nitrogens with zero attached hydrogens (tertiary/aromatic N) is 1. The van der Waals surface area contributed by atoms with Crippen molar-refractivity contribution in [3.63, 3.8) is 0 Å². The van der Waals surface area contributed by atoms with Crippen LogP contribution in [-0.2, 0) is 14.3 Å². The lowest BCUT2D eigenvalue weighted by atomic mass is 9.97. The van der Waals surface area contributed by atoms with E-state index in [1.54, 1.807) is 12.1 Å². The van der Waals surface area contributed by atoms with Crippen molar-refractivity contribution in [1.29, 1.82) is 0 Å². The molecule has 0 spiro atoms. The summed E-state index contributed by atoms with van der Waals surface area (Å²) in [6.45, 7) is 5.51. The number of benzene rings is 1. The zero-order chi connectivity index (χ0) is 17.5. The van der Waals surface area contributed by atoms with Crippen molar-refractivity contribution in [2.45, 2.75) is 17.4 Å². The highest BCUT2D eigenvalue weighted by Crippen LogP contribution is 2.22. The largest absolute Gasteiger partial charge is 0.381 e. The second-order valence-electron chi connectivity index (χ2n) is 6.39. The maximum atomic E-state index is 12.9. The molecule has 0 aliphatic carbocycles. The monoisotopic (exact) mass is 368 g/mol. The predicted octanol–water partition coefficient (Wildman–Crippen LogP) is 1.77. The second-order valence-corrected chi connectivity index (χ2v) is 7.43. The van der Waals surface area contributed by atoms with Gasteiger partial charge < -0.3 is 14.8 Å². The minimum Gasteiger partial charge on any atom is -0.381 e. The van der Waals surface area contributed by atoms with E-state index in [4.69, 9.17) is 9.47 Å². The molecule has 138 valence electrons. The smallest absolute Gasteiger partial charge is 0.230 e. The van der Waals surface area contributed by atoms with Gasteiger partial charge in [0, 0.05) is 43.1 Å². The molecule has 0 radical (unpaired) electrons. The molecule has 1 aromatic rings. The van der Waals surface area contributed by atoms with Crippen LogP contribution in [0.2, 0.25) is 0 Å². The Morgan fingerprint density at radius 2 is 2.00 bits per heavy atom. The molecule has 0 aromatic heterocycles. The van der Waals surface area contributed by atoms with Crippen molar-refractivity contribution in [2.75, 3.05) is 51.8 Å². The van der Waals surface area contributed by atoms with Gasteiger partial charge in [-0.05, 0) is 30.7 Å². The highest BCUT2D eigenvalue weighted by molar-refractivity contribution is 8.00. The van der Waals surface area contributed by atoms with Gasteiger partial charge in [-0.2, -0.15) is 0 Å². The molecule has 0 bridgehead atoms. The Bertz CT molecular complexity index is 546. The van der Waals surface area contributed by atoms with Crippen molar-refractivity contribution >= 4 is 17.7 Å². The number of rotatable bonds is 7. The summed E-state index contributed by atoms with van der Waals surface area (Å²) < 4.78 is 23.9. The fraction of sp³-hybridized carbons (Fsp3) is 0.611. The van der Waals surface area contributed by atoms with Crippen molar-refractivity contribution < 1.29 is 18.7 Å². The summed E-state index contributed by atoms with van der Waals surface area (Å²) in [6, 6.07) is 6.51. The number of amides is 1. The Morgan fingerprint density at radius 3 is 2.68 bits per heavy atom. The standard InChI is InChI=1S/C18H25FN2O3S/c19-15-1-3-16(4-2-15)25-13-18(22)20-11-17(14-5-8-24-12-14)21-6-9-23-10-7-21/h1-4,14,17H,5-13H2,(H,20,22). The van der Waals surface area contributed by atoms with Gasteiger partial charge in [-0.1, -0.05) is 0 Å². The first kappa shape index (κ1) is 18.6. The first-order chi connectivity index (χ1) is 12.2. The highest BCUT2D eigenvalue weighted by Gasteiger charge is 2.31. The number of ether oxygens (including phenoxy) is 2. The average molecular weight is 368 g/mol. The van der Waals surface area contributed by atoms with Gasteiger partial charge in [0.25, 0.3) is 0 Å². The number of carbonyl (C=O) groups is 1. The SMILES string of the molecule is O=C(CSc1ccc(F)cc1)NCC(C1CCOC1)N1CCOCC1. The molecule has 2 aliphatic rings. The van der Waals surface area contributed by atoms with Gasteiger partial charge in [0.15, 0.2) is 0 Å². The lowest BCUT2D eigenvalue weighted by Crippen LogP contribution is -2.52. The molecule has 5 nitrogen and oxygen atoms in total. The summed E-state index contributed by atoms with van der Waals surface area (Å²) in [7, 11) is 0. The number of hydrogen-bond donors (Lipinski definition) is 1. The summed E-state index contributed by atoms with van der Waals surface area (Å²) in [4.78, 5) is 15.5. The lowest BCUT2D eigenvalue weighted by molar-refractivity contribution is -0.119. The molecule has 2 saturated heterocycles. The van der Waals surface area contributed by atoms with E-state index < -0.39 is 0 Å². The Balaban J connectivity index is 1.47. The molecule has 1 aromatic carbocycles. The van der Waals surface area contributed by atoms with Gasteiger partial charge in [0.1, 0.15) is 5.82 Å². The summed E-state index contributed by atoms with van der Waals surface area (Å²) in [6.07, 6.45) is 1.04. The molecule has 25 heavy (non-hydrogen) atoms. The normalized spacial score (nSPS) is 22.7. The molecule has 2 aliphatic heterocycles. The number of carbonyl (C=O) groups excluding carboxylic acids is 1. The number of halogens is 1. The van der Waals surface area contributed by atoms with Crippen LogP contribution in [0, 0.1) is 11.7 Å². The molecule has 0 saturated carbocycles. The van der Waals surface area contributed by atoms with Crippen LogP contribution in [0.1, 0.15) is 6.42 Å². The third-order valence-electron chi connectivity index (χ3n) is 4.72. The number of morpholine rings is 1. The zero-order valence-corrected chi connectivity index (χ0v) is 15.1.